The molecule has 0 spiro atoms. The van der Waals surface area contributed by atoms with Gasteiger partial charge in [-0.2, -0.15) is 0 Å². The molecule has 124 valence electrons. The van der Waals surface area contributed by atoms with E-state index in [-0.39, 0.29) is 12.1 Å². The van der Waals surface area contributed by atoms with Crippen molar-refractivity contribution in [2.45, 2.75) is 12.5 Å². The van der Waals surface area contributed by atoms with Crippen LogP contribution in [0.2, 0.25) is 0 Å². The van der Waals surface area contributed by atoms with Gasteiger partial charge in [-0.05, 0) is 17.7 Å². The first-order valence-electron chi connectivity index (χ1n) is 7.18. The molecule has 0 aromatic heterocycles. The number of rotatable bonds is 6. The maximum Gasteiger partial charge on any atom is 0.328 e. The second-order valence-electron chi connectivity index (χ2n) is 5.04. The number of nitro benzene ring substituents is 1. The van der Waals surface area contributed by atoms with E-state index in [1.807, 2.05) is 0 Å². The molecule has 0 unspecified atom stereocenters. The van der Waals surface area contributed by atoms with Crippen LogP contribution in [0.3, 0.4) is 0 Å². The zero-order valence-electron chi connectivity index (χ0n) is 13.0. The molecule has 0 radical (unpaired) electrons. The Morgan fingerprint density at radius 3 is 2.29 bits per heavy atom. The fourth-order valence-electron chi connectivity index (χ4n) is 2.16. The summed E-state index contributed by atoms with van der Waals surface area (Å²) in [7, 11) is 1.24. The van der Waals surface area contributed by atoms with E-state index in [9.17, 15) is 19.7 Å². The average Bonchev–Trinajstić information content (AvgIpc) is 2.61. The number of benzene rings is 2. The number of amides is 1. The van der Waals surface area contributed by atoms with Crippen molar-refractivity contribution in [1.29, 1.82) is 0 Å². The van der Waals surface area contributed by atoms with Gasteiger partial charge in [-0.3, -0.25) is 14.9 Å². The summed E-state index contributed by atoms with van der Waals surface area (Å²) in [6.07, 6.45) is 0.170. The minimum absolute atomic E-state index is 0.0401. The first-order chi connectivity index (χ1) is 11.5. The predicted molar refractivity (Wildman–Crippen MR) is 86.5 cm³/mol. The fraction of sp³-hybridized carbons (Fsp3) is 0.176. The summed E-state index contributed by atoms with van der Waals surface area (Å²) in [5.74, 6) is -0.981. The molecule has 0 fully saturated rings. The van der Waals surface area contributed by atoms with Crippen molar-refractivity contribution < 1.29 is 19.2 Å². The summed E-state index contributed by atoms with van der Waals surface area (Å²) in [6.45, 7) is 0. The van der Waals surface area contributed by atoms with Gasteiger partial charge in [0.1, 0.15) is 6.04 Å². The molecule has 0 saturated carbocycles. The lowest BCUT2D eigenvalue weighted by atomic mass is 10.0. The molecule has 0 aliphatic rings. The van der Waals surface area contributed by atoms with E-state index in [1.54, 1.807) is 42.5 Å². The van der Waals surface area contributed by atoms with Crippen molar-refractivity contribution in [3.05, 3.63) is 75.8 Å². The Bertz CT molecular complexity index is 728. The average molecular weight is 328 g/mol. The third-order valence-electron chi connectivity index (χ3n) is 3.41. The molecule has 7 heteroatoms. The Morgan fingerprint density at radius 2 is 1.75 bits per heavy atom. The summed E-state index contributed by atoms with van der Waals surface area (Å²) in [6, 6.07) is 13.4. The summed E-state index contributed by atoms with van der Waals surface area (Å²) in [5.41, 5.74) is 1.06. The number of carbonyl (C=O) groups is 2. The van der Waals surface area contributed by atoms with Gasteiger partial charge in [0, 0.05) is 24.1 Å². The molecule has 7 nitrogen and oxygen atoms in total. The number of carbonyl (C=O) groups excluding carboxylic acids is 2. The van der Waals surface area contributed by atoms with E-state index in [0.717, 1.165) is 0 Å². The minimum Gasteiger partial charge on any atom is -0.467 e. The molecule has 24 heavy (non-hydrogen) atoms. The molecule has 1 N–H and O–H groups in total. The molecule has 0 heterocycles. The van der Waals surface area contributed by atoms with Crippen LogP contribution in [0, 0.1) is 10.1 Å². The molecule has 0 bridgehead atoms. The van der Waals surface area contributed by atoms with Crippen LogP contribution >= 0.6 is 0 Å². The van der Waals surface area contributed by atoms with E-state index in [2.05, 4.69) is 5.32 Å². The van der Waals surface area contributed by atoms with Gasteiger partial charge in [0.25, 0.3) is 11.6 Å². The Morgan fingerprint density at radius 1 is 1.12 bits per heavy atom. The number of methoxy groups -OCH3 is 1. The van der Waals surface area contributed by atoms with Crippen molar-refractivity contribution in [2.75, 3.05) is 7.11 Å². The number of ether oxygens (including phenoxy) is 1. The molecule has 0 aliphatic carbocycles. The van der Waals surface area contributed by atoms with Crippen molar-refractivity contribution in [1.82, 2.24) is 5.32 Å². The van der Waals surface area contributed by atoms with E-state index >= 15 is 0 Å². The van der Waals surface area contributed by atoms with Crippen molar-refractivity contribution in [3.8, 4) is 0 Å². The topological polar surface area (TPSA) is 98.5 Å². The van der Waals surface area contributed by atoms with Crippen LogP contribution in [0.15, 0.2) is 54.6 Å². The highest BCUT2D eigenvalue weighted by atomic mass is 16.6. The highest BCUT2D eigenvalue weighted by molar-refractivity contribution is 5.96. The number of esters is 1. The molecule has 1 amide bonds. The van der Waals surface area contributed by atoms with Gasteiger partial charge in [0.05, 0.1) is 12.0 Å². The number of nitrogens with one attached hydrogen (secondary N) is 1. The largest absolute Gasteiger partial charge is 0.467 e. The quantitative estimate of drug-likeness (QED) is 0.497. The van der Waals surface area contributed by atoms with E-state index in [0.29, 0.717) is 11.1 Å². The van der Waals surface area contributed by atoms with Gasteiger partial charge in [-0.1, -0.05) is 30.3 Å². The molecule has 0 saturated heterocycles. The predicted octanol–water partition coefficient (Wildman–Crippen LogP) is 2.11. The van der Waals surface area contributed by atoms with E-state index in [4.69, 9.17) is 4.74 Å². The fourth-order valence-corrected chi connectivity index (χ4v) is 2.16. The Balaban J connectivity index is 2.12. The van der Waals surface area contributed by atoms with Gasteiger partial charge in [0.2, 0.25) is 0 Å². The molecular formula is C17H16N2O5. The molecule has 2 rings (SSSR count). The van der Waals surface area contributed by atoms with Gasteiger partial charge >= 0.3 is 5.97 Å². The van der Waals surface area contributed by atoms with Gasteiger partial charge in [-0.25, -0.2) is 4.79 Å². The Hall–Kier alpha value is -3.22. The van der Waals surface area contributed by atoms with Gasteiger partial charge in [0.15, 0.2) is 0 Å². The SMILES string of the molecule is COC(=O)[C@H](Cc1ccc([N+](=O)[O-])cc1)NC(=O)c1ccccc1. The van der Waals surface area contributed by atoms with Crippen LogP contribution in [0.4, 0.5) is 5.69 Å². The molecule has 2 aromatic rings. The van der Waals surface area contributed by atoms with Crippen LogP contribution < -0.4 is 5.32 Å². The number of hydrogen-bond acceptors (Lipinski definition) is 5. The smallest absolute Gasteiger partial charge is 0.328 e. The zero-order chi connectivity index (χ0) is 17.5. The van der Waals surface area contributed by atoms with Crippen LogP contribution in [0.5, 0.6) is 0 Å². The Labute approximate surface area is 138 Å². The van der Waals surface area contributed by atoms with E-state index in [1.165, 1.54) is 19.2 Å². The third kappa shape index (κ3) is 4.39. The summed E-state index contributed by atoms with van der Waals surface area (Å²) in [4.78, 5) is 34.3. The Kier molecular flexibility index (Phi) is 5.62. The lowest BCUT2D eigenvalue weighted by molar-refractivity contribution is -0.384. The van der Waals surface area contributed by atoms with Crippen LogP contribution in [0.25, 0.3) is 0 Å². The molecule has 1 atom stereocenters. The maximum absolute atomic E-state index is 12.2. The summed E-state index contributed by atoms with van der Waals surface area (Å²) >= 11 is 0. The van der Waals surface area contributed by atoms with Crippen LogP contribution in [0.1, 0.15) is 15.9 Å². The van der Waals surface area contributed by atoms with Crippen molar-refractivity contribution in [3.63, 3.8) is 0 Å². The number of non-ortho nitro benzene ring substituents is 1. The zero-order valence-corrected chi connectivity index (χ0v) is 13.0. The molecule has 2 aromatic carbocycles. The normalized spacial score (nSPS) is 11.4. The second kappa shape index (κ2) is 7.87. The van der Waals surface area contributed by atoms with Crippen molar-refractivity contribution >= 4 is 17.6 Å². The first-order valence-corrected chi connectivity index (χ1v) is 7.18. The number of nitrogens with zero attached hydrogens (tertiary/aromatic N) is 1. The molecular weight excluding hydrogens is 312 g/mol. The number of nitro groups is 1. The standard InChI is InChI=1S/C17H16N2O5/c1-24-17(21)15(18-16(20)13-5-3-2-4-6-13)11-12-7-9-14(10-8-12)19(22)23/h2-10,15H,11H2,1H3,(H,18,20)/t15-/m0/s1. The lowest BCUT2D eigenvalue weighted by Gasteiger charge is -2.16. The van der Waals surface area contributed by atoms with Crippen molar-refractivity contribution in [2.24, 2.45) is 0 Å². The minimum atomic E-state index is -0.885. The highest BCUT2D eigenvalue weighted by Gasteiger charge is 2.22. The van der Waals surface area contributed by atoms with Crippen LogP contribution in [-0.4, -0.2) is 30.0 Å². The lowest BCUT2D eigenvalue weighted by Crippen LogP contribution is -2.43. The summed E-state index contributed by atoms with van der Waals surface area (Å²) < 4.78 is 4.72. The van der Waals surface area contributed by atoms with E-state index < -0.39 is 22.8 Å². The second-order valence-corrected chi connectivity index (χ2v) is 5.04. The van der Waals surface area contributed by atoms with Gasteiger partial charge in [-0.15, -0.1) is 0 Å². The highest BCUT2D eigenvalue weighted by Crippen LogP contribution is 2.14. The maximum atomic E-state index is 12.2. The summed E-state index contributed by atoms with van der Waals surface area (Å²) in [5, 5.41) is 13.3. The first kappa shape index (κ1) is 17.1. The third-order valence-corrected chi connectivity index (χ3v) is 3.41. The number of hydrogen-bond donors (Lipinski definition) is 1. The molecule has 0 aliphatic heterocycles. The van der Waals surface area contributed by atoms with Crippen LogP contribution in [-0.2, 0) is 16.0 Å². The monoisotopic (exact) mass is 328 g/mol. The van der Waals surface area contributed by atoms with Gasteiger partial charge < -0.3 is 10.1 Å².